The molecule has 2 aromatic rings. The number of nitrogens with one attached hydrogen (secondary N) is 3. The number of benzene rings is 1. The summed E-state index contributed by atoms with van der Waals surface area (Å²) in [6.07, 6.45) is 5.52. The van der Waals surface area contributed by atoms with Crippen molar-refractivity contribution in [1.82, 2.24) is 20.0 Å². The van der Waals surface area contributed by atoms with Gasteiger partial charge in [0.05, 0.1) is 27.5 Å². The lowest BCUT2D eigenvalue weighted by Gasteiger charge is -2.39. The van der Waals surface area contributed by atoms with E-state index < -0.39 is 26.6 Å². The summed E-state index contributed by atoms with van der Waals surface area (Å²) < 4.78 is 28.2. The van der Waals surface area contributed by atoms with Crippen LogP contribution in [0.1, 0.15) is 51.5 Å². The van der Waals surface area contributed by atoms with Crippen LogP contribution >= 0.6 is 0 Å². The van der Waals surface area contributed by atoms with Crippen LogP contribution in [0.3, 0.4) is 0 Å². The molecular formula is C24H30N6O4S. The number of hydrogen-bond donors (Lipinski definition) is 4. The van der Waals surface area contributed by atoms with Gasteiger partial charge in [-0.05, 0) is 70.2 Å². The topological polar surface area (TPSA) is 137 Å². The second-order valence-electron chi connectivity index (χ2n) is 10.9. The predicted octanol–water partition coefficient (Wildman–Crippen LogP) is 1.54. The second kappa shape index (κ2) is 7.45. The van der Waals surface area contributed by atoms with E-state index in [9.17, 15) is 18.3 Å². The van der Waals surface area contributed by atoms with Gasteiger partial charge in [-0.1, -0.05) is 0 Å². The highest BCUT2D eigenvalue weighted by Crippen LogP contribution is 2.58. The molecule has 0 radical (unpaired) electrons. The zero-order valence-corrected chi connectivity index (χ0v) is 20.7. The second-order valence-corrected chi connectivity index (χ2v) is 12.6. The normalized spacial score (nSPS) is 28.1. The summed E-state index contributed by atoms with van der Waals surface area (Å²) in [4.78, 5) is 24.4. The van der Waals surface area contributed by atoms with Gasteiger partial charge in [0.25, 0.3) is 0 Å². The highest BCUT2D eigenvalue weighted by Gasteiger charge is 2.63. The number of fused-ring (bicyclic) bond motifs is 2. The first kappa shape index (κ1) is 22.8. The lowest BCUT2D eigenvalue weighted by molar-refractivity contribution is -0.121. The Morgan fingerprint density at radius 1 is 1.14 bits per heavy atom. The lowest BCUT2D eigenvalue weighted by Crippen LogP contribution is -2.66. The van der Waals surface area contributed by atoms with Crippen molar-refractivity contribution in [2.45, 2.75) is 73.4 Å². The molecule has 0 bridgehead atoms. The number of rotatable bonds is 6. The quantitative estimate of drug-likeness (QED) is 0.471. The fourth-order valence-corrected chi connectivity index (χ4v) is 7.04. The van der Waals surface area contributed by atoms with Gasteiger partial charge in [0.1, 0.15) is 5.82 Å². The zero-order chi connectivity index (χ0) is 24.6. The van der Waals surface area contributed by atoms with Crippen molar-refractivity contribution in [2.75, 3.05) is 23.3 Å². The van der Waals surface area contributed by atoms with Crippen molar-refractivity contribution in [2.24, 2.45) is 0 Å². The van der Waals surface area contributed by atoms with Crippen LogP contribution in [-0.4, -0.2) is 59.7 Å². The van der Waals surface area contributed by atoms with E-state index in [2.05, 4.69) is 20.3 Å². The molecular weight excluding hydrogens is 468 g/mol. The van der Waals surface area contributed by atoms with E-state index in [0.717, 1.165) is 31.2 Å². The Kier molecular flexibility index (Phi) is 4.86. The Morgan fingerprint density at radius 3 is 2.43 bits per heavy atom. The monoisotopic (exact) mass is 498 g/mol. The van der Waals surface area contributed by atoms with Crippen LogP contribution in [0.15, 0.2) is 35.4 Å². The minimum atomic E-state index is -3.63. The molecule has 4 N–H and O–H groups in total. The Hall–Kier alpha value is -2.60. The van der Waals surface area contributed by atoms with Gasteiger partial charge < -0.3 is 15.7 Å². The molecule has 6 rings (SSSR count). The van der Waals surface area contributed by atoms with Crippen LogP contribution in [0, 0.1) is 0 Å². The number of sulfonamides is 1. The van der Waals surface area contributed by atoms with E-state index >= 15 is 0 Å². The van der Waals surface area contributed by atoms with E-state index in [-0.39, 0.29) is 16.8 Å². The van der Waals surface area contributed by atoms with Crippen LogP contribution in [0.25, 0.3) is 0 Å². The number of aliphatic hydroxyl groups is 1. The maximum atomic E-state index is 13.4. The molecule has 35 heavy (non-hydrogen) atoms. The number of hydrogen-bond acceptors (Lipinski definition) is 8. The Labute approximate surface area is 204 Å². The van der Waals surface area contributed by atoms with E-state index in [4.69, 9.17) is 4.98 Å². The molecule has 2 aliphatic carbocycles. The number of aromatic nitrogens is 2. The van der Waals surface area contributed by atoms with Crippen molar-refractivity contribution in [3.63, 3.8) is 0 Å². The van der Waals surface area contributed by atoms with Crippen LogP contribution in [0.2, 0.25) is 0 Å². The van der Waals surface area contributed by atoms with Gasteiger partial charge in [0, 0.05) is 30.5 Å². The fraction of sp³-hybridized carbons (Fsp3) is 0.542. The third kappa shape index (κ3) is 3.64. The van der Waals surface area contributed by atoms with Crippen LogP contribution in [-0.2, 0) is 20.2 Å². The molecule has 3 fully saturated rings. The van der Waals surface area contributed by atoms with Crippen molar-refractivity contribution in [1.29, 1.82) is 0 Å². The number of anilines is 3. The summed E-state index contributed by atoms with van der Waals surface area (Å²) in [7, 11) is -3.63. The third-order valence-electron chi connectivity index (χ3n) is 7.91. The molecule has 10 nitrogen and oxygen atoms in total. The highest BCUT2D eigenvalue weighted by molar-refractivity contribution is 7.89. The number of amides is 1. The summed E-state index contributed by atoms with van der Waals surface area (Å²) >= 11 is 0. The van der Waals surface area contributed by atoms with Gasteiger partial charge in [0.2, 0.25) is 21.9 Å². The summed E-state index contributed by atoms with van der Waals surface area (Å²) in [6, 6.07) is 6.11. The molecule has 1 aromatic heterocycles. The molecule has 0 unspecified atom stereocenters. The Balaban J connectivity index is 1.25. The van der Waals surface area contributed by atoms with Gasteiger partial charge in [-0.3, -0.25) is 9.69 Å². The minimum absolute atomic E-state index is 0.0172. The number of nitrogens with zero attached hydrogens (tertiary/aromatic N) is 3. The Morgan fingerprint density at radius 2 is 1.86 bits per heavy atom. The predicted molar refractivity (Wildman–Crippen MR) is 130 cm³/mol. The van der Waals surface area contributed by atoms with E-state index in [1.165, 1.54) is 12.1 Å². The number of carbonyl (C=O) groups excluding carboxylic acids is 1. The maximum absolute atomic E-state index is 13.4. The first-order valence-corrected chi connectivity index (χ1v) is 13.6. The SMILES string of the molecule is CC1(NS(=O)(=O)c2ccc(Nc3ncc4c(n3)N([C@H]3CCC[C@@]3(C)O)C(=O)C43CC3)cc2)CNC1. The molecule has 3 heterocycles. The van der Waals surface area contributed by atoms with Gasteiger partial charge in [-0.2, -0.15) is 4.98 Å². The minimum Gasteiger partial charge on any atom is -0.388 e. The fourth-order valence-electron chi connectivity index (χ4n) is 5.63. The molecule has 1 spiro atoms. The Bertz CT molecular complexity index is 1300. The maximum Gasteiger partial charge on any atom is 0.241 e. The summed E-state index contributed by atoms with van der Waals surface area (Å²) in [6.45, 7) is 4.85. The molecule has 2 atom stereocenters. The van der Waals surface area contributed by atoms with Crippen LogP contribution in [0.5, 0.6) is 0 Å². The lowest BCUT2D eigenvalue weighted by atomic mass is 9.97. The first-order valence-electron chi connectivity index (χ1n) is 12.1. The van der Waals surface area contributed by atoms with E-state index in [1.807, 2.05) is 6.92 Å². The molecule has 1 aromatic carbocycles. The van der Waals surface area contributed by atoms with Crippen LogP contribution in [0.4, 0.5) is 17.5 Å². The van der Waals surface area contributed by atoms with Crippen molar-refractivity contribution < 1.29 is 18.3 Å². The standard InChI is InChI=1S/C24H30N6O4S/c1-22(13-25-14-22)29-35(33,34)16-7-5-15(6-8-16)27-21-26-12-17-19(28-21)30(20(31)24(17)10-11-24)18-4-3-9-23(18,2)32/h5-8,12,18,25,29,32H,3-4,9-11,13-14H2,1-2H3,(H,26,27,28)/t18-,23+/m0/s1. The van der Waals surface area contributed by atoms with E-state index in [1.54, 1.807) is 30.2 Å². The van der Waals surface area contributed by atoms with Gasteiger partial charge in [0.15, 0.2) is 0 Å². The van der Waals surface area contributed by atoms with Gasteiger partial charge in [-0.25, -0.2) is 18.1 Å². The molecule has 11 heteroatoms. The van der Waals surface area contributed by atoms with Crippen molar-refractivity contribution >= 4 is 33.4 Å². The third-order valence-corrected chi connectivity index (χ3v) is 9.57. The molecule has 1 amide bonds. The average Bonchev–Trinajstić information content (AvgIpc) is 3.46. The smallest absolute Gasteiger partial charge is 0.241 e. The van der Waals surface area contributed by atoms with E-state index in [0.29, 0.717) is 37.0 Å². The number of carbonyl (C=O) groups is 1. The molecule has 2 saturated carbocycles. The molecule has 4 aliphatic rings. The summed E-state index contributed by atoms with van der Waals surface area (Å²) in [5, 5.41) is 17.1. The molecule has 2 aliphatic heterocycles. The zero-order valence-electron chi connectivity index (χ0n) is 19.8. The molecule has 1 saturated heterocycles. The van der Waals surface area contributed by atoms with Gasteiger partial charge in [-0.15, -0.1) is 0 Å². The largest absolute Gasteiger partial charge is 0.388 e. The summed E-state index contributed by atoms with van der Waals surface area (Å²) in [5.41, 5.74) is -0.497. The molecule has 186 valence electrons. The average molecular weight is 499 g/mol. The summed E-state index contributed by atoms with van der Waals surface area (Å²) in [5.74, 6) is 0.908. The first-order chi connectivity index (χ1) is 16.5. The highest BCUT2D eigenvalue weighted by atomic mass is 32.2. The van der Waals surface area contributed by atoms with Crippen molar-refractivity contribution in [3.8, 4) is 0 Å². The van der Waals surface area contributed by atoms with Gasteiger partial charge >= 0.3 is 0 Å². The van der Waals surface area contributed by atoms with Crippen molar-refractivity contribution in [3.05, 3.63) is 36.0 Å². The van der Waals surface area contributed by atoms with Crippen LogP contribution < -0.4 is 20.3 Å².